The van der Waals surface area contributed by atoms with Gasteiger partial charge in [-0.3, -0.25) is 9.69 Å². The van der Waals surface area contributed by atoms with Crippen LogP contribution in [0.3, 0.4) is 0 Å². The molecule has 25 heavy (non-hydrogen) atoms. The Labute approximate surface area is 146 Å². The number of benzene rings is 1. The molecule has 9 nitrogen and oxygen atoms in total. The van der Waals surface area contributed by atoms with E-state index in [-0.39, 0.29) is 22.3 Å². The molecule has 1 aliphatic heterocycles. The van der Waals surface area contributed by atoms with Crippen LogP contribution in [0.1, 0.15) is 30.1 Å². The molecule has 0 spiro atoms. The van der Waals surface area contributed by atoms with Crippen molar-refractivity contribution < 1.29 is 17.9 Å². The van der Waals surface area contributed by atoms with E-state index in [0.29, 0.717) is 6.54 Å². The number of carbonyl (C=O) groups is 1. The summed E-state index contributed by atoms with van der Waals surface area (Å²) in [6.45, 7) is 4.48. The molecule has 1 amide bonds. The summed E-state index contributed by atoms with van der Waals surface area (Å²) in [7, 11) is -2.72. The van der Waals surface area contributed by atoms with Gasteiger partial charge in [0.15, 0.2) is 0 Å². The fourth-order valence-electron chi connectivity index (χ4n) is 2.98. The smallest absolute Gasteiger partial charge is 0.279 e. The Hall–Kier alpha value is -2.20. The number of ether oxygens (including phenoxy) is 1. The summed E-state index contributed by atoms with van der Waals surface area (Å²) >= 11 is 0. The highest BCUT2D eigenvalue weighted by Crippen LogP contribution is 2.23. The molecule has 138 valence electrons. The number of hydrogen-bond donors (Lipinski definition) is 2. The highest BCUT2D eigenvalue weighted by Gasteiger charge is 2.25. The standard InChI is InChI=1S/C15H22N4O5S/c1-3-19-8-4-5-11(19)10-16-15(20)13-9-12(6-7-14(13)24-2)25(22,23)18-17-21/h6-7,9,11H,3-5,8,10H2,1-2H3,(H,16,20)(H,18,21). The van der Waals surface area contributed by atoms with Crippen LogP contribution in [0.4, 0.5) is 0 Å². The van der Waals surface area contributed by atoms with Crippen LogP contribution >= 0.6 is 0 Å². The lowest BCUT2D eigenvalue weighted by Gasteiger charge is -2.23. The molecule has 1 atom stereocenters. The van der Waals surface area contributed by atoms with Crippen molar-refractivity contribution in [3.05, 3.63) is 28.7 Å². The third-order valence-electron chi connectivity index (χ3n) is 4.29. The zero-order valence-corrected chi connectivity index (χ0v) is 15.0. The first-order valence-corrected chi connectivity index (χ1v) is 9.45. The number of nitrogens with one attached hydrogen (secondary N) is 2. The molecule has 1 heterocycles. The van der Waals surface area contributed by atoms with Gasteiger partial charge in [-0.05, 0) is 44.1 Å². The van der Waals surface area contributed by atoms with E-state index >= 15 is 0 Å². The minimum absolute atomic E-state index is 0.0809. The number of amides is 1. The molecule has 2 rings (SSSR count). The third kappa shape index (κ3) is 4.45. The van der Waals surface area contributed by atoms with Crippen LogP contribution < -0.4 is 14.9 Å². The largest absolute Gasteiger partial charge is 0.496 e. The monoisotopic (exact) mass is 370 g/mol. The average Bonchev–Trinajstić information content (AvgIpc) is 3.06. The van der Waals surface area contributed by atoms with Crippen molar-refractivity contribution in [3.63, 3.8) is 0 Å². The van der Waals surface area contributed by atoms with Gasteiger partial charge in [-0.15, -0.1) is 4.91 Å². The summed E-state index contributed by atoms with van der Waals surface area (Å²) in [6.07, 6.45) is 2.10. The first kappa shape index (κ1) is 19.1. The molecular formula is C15H22N4O5S. The molecular weight excluding hydrogens is 348 g/mol. The maximum absolute atomic E-state index is 12.5. The van der Waals surface area contributed by atoms with Crippen molar-refractivity contribution in [1.82, 2.24) is 15.0 Å². The number of rotatable bonds is 8. The molecule has 1 fully saturated rings. The van der Waals surface area contributed by atoms with Crippen molar-refractivity contribution >= 4 is 15.9 Å². The van der Waals surface area contributed by atoms with Gasteiger partial charge in [0.05, 0.1) is 22.9 Å². The first-order valence-electron chi connectivity index (χ1n) is 7.97. The molecule has 1 aromatic rings. The van der Waals surface area contributed by atoms with Crippen molar-refractivity contribution in [1.29, 1.82) is 0 Å². The lowest BCUT2D eigenvalue weighted by molar-refractivity contribution is 0.0938. The molecule has 1 aliphatic rings. The van der Waals surface area contributed by atoms with Gasteiger partial charge >= 0.3 is 0 Å². The van der Waals surface area contributed by atoms with Gasteiger partial charge in [-0.1, -0.05) is 6.92 Å². The molecule has 0 bridgehead atoms. The van der Waals surface area contributed by atoms with E-state index < -0.39 is 15.9 Å². The lowest BCUT2D eigenvalue weighted by atomic mass is 10.1. The second kappa shape index (κ2) is 8.26. The van der Waals surface area contributed by atoms with Gasteiger partial charge in [-0.2, -0.15) is 13.2 Å². The molecule has 0 radical (unpaired) electrons. The van der Waals surface area contributed by atoms with Crippen LogP contribution in [0.15, 0.2) is 28.4 Å². The van der Waals surface area contributed by atoms with Crippen molar-refractivity contribution in [2.75, 3.05) is 26.7 Å². The van der Waals surface area contributed by atoms with Crippen LogP contribution in [-0.4, -0.2) is 52.0 Å². The predicted octanol–water partition coefficient (Wildman–Crippen LogP) is 0.869. The van der Waals surface area contributed by atoms with E-state index in [1.807, 2.05) is 0 Å². The van der Waals surface area contributed by atoms with Gasteiger partial charge in [0.1, 0.15) is 5.75 Å². The van der Waals surface area contributed by atoms with Crippen molar-refractivity contribution in [2.24, 2.45) is 5.29 Å². The number of likely N-dealkylation sites (N-methyl/N-ethyl adjacent to an activating group) is 1. The number of sulfonamides is 1. The quantitative estimate of drug-likeness (QED) is 0.518. The Morgan fingerprint density at radius 3 is 2.84 bits per heavy atom. The van der Waals surface area contributed by atoms with Crippen LogP contribution in [0.2, 0.25) is 0 Å². The predicted molar refractivity (Wildman–Crippen MR) is 91.7 cm³/mol. The van der Waals surface area contributed by atoms with Crippen molar-refractivity contribution in [2.45, 2.75) is 30.7 Å². The number of carbonyl (C=O) groups excluding carboxylic acids is 1. The van der Waals surface area contributed by atoms with Gasteiger partial charge in [0, 0.05) is 12.6 Å². The Bertz CT molecular complexity index is 737. The second-order valence-electron chi connectivity index (χ2n) is 5.68. The molecule has 2 N–H and O–H groups in total. The molecule has 0 aliphatic carbocycles. The number of likely N-dealkylation sites (tertiary alicyclic amines) is 1. The summed E-state index contributed by atoms with van der Waals surface area (Å²) in [5, 5.41) is 5.01. The fraction of sp³-hybridized carbons (Fsp3) is 0.533. The Morgan fingerprint density at radius 2 is 2.20 bits per heavy atom. The zero-order valence-electron chi connectivity index (χ0n) is 14.2. The number of nitroso groups, excluding NO2 is 1. The van der Waals surface area contributed by atoms with E-state index in [1.165, 1.54) is 24.1 Å². The van der Waals surface area contributed by atoms with Crippen LogP contribution in [0.25, 0.3) is 0 Å². The minimum atomic E-state index is -4.11. The van der Waals surface area contributed by atoms with Crippen LogP contribution in [-0.2, 0) is 10.0 Å². The second-order valence-corrected chi connectivity index (χ2v) is 7.34. The van der Waals surface area contributed by atoms with E-state index in [2.05, 4.69) is 22.4 Å². The highest BCUT2D eigenvalue weighted by atomic mass is 32.2. The van der Waals surface area contributed by atoms with E-state index in [4.69, 9.17) is 4.74 Å². The van der Waals surface area contributed by atoms with E-state index in [0.717, 1.165) is 32.0 Å². The summed E-state index contributed by atoms with van der Waals surface area (Å²) < 4.78 is 28.9. The van der Waals surface area contributed by atoms with Crippen LogP contribution in [0, 0.1) is 4.91 Å². The topological polar surface area (TPSA) is 117 Å². The maximum Gasteiger partial charge on any atom is 0.279 e. The van der Waals surface area contributed by atoms with Gasteiger partial charge in [0.25, 0.3) is 15.9 Å². The summed E-state index contributed by atoms with van der Waals surface area (Å²) in [5.74, 6) is -0.190. The fourth-order valence-corrected chi connectivity index (χ4v) is 3.71. The molecule has 0 aromatic heterocycles. The van der Waals surface area contributed by atoms with Gasteiger partial charge < -0.3 is 10.1 Å². The number of nitrogens with zero attached hydrogens (tertiary/aromatic N) is 2. The Morgan fingerprint density at radius 1 is 1.44 bits per heavy atom. The minimum Gasteiger partial charge on any atom is -0.496 e. The van der Waals surface area contributed by atoms with Gasteiger partial charge in [-0.25, -0.2) is 0 Å². The Balaban J connectivity index is 2.18. The highest BCUT2D eigenvalue weighted by molar-refractivity contribution is 7.89. The van der Waals surface area contributed by atoms with Gasteiger partial charge in [0.2, 0.25) is 0 Å². The van der Waals surface area contributed by atoms with Crippen molar-refractivity contribution in [3.8, 4) is 5.75 Å². The zero-order chi connectivity index (χ0) is 18.4. The first-order chi connectivity index (χ1) is 11.9. The van der Waals surface area contributed by atoms with E-state index in [1.54, 1.807) is 0 Å². The summed E-state index contributed by atoms with van der Waals surface area (Å²) in [6, 6.07) is 4.03. The third-order valence-corrected chi connectivity index (χ3v) is 5.48. The SMILES string of the molecule is CCN1CCCC1CNC(=O)c1cc(S(=O)(=O)NN=O)ccc1OC. The summed E-state index contributed by atoms with van der Waals surface area (Å²) in [4.78, 5) is 26.2. The normalized spacial score (nSPS) is 17.9. The maximum atomic E-state index is 12.5. The van der Waals surface area contributed by atoms with E-state index in [9.17, 15) is 18.1 Å². The number of methoxy groups -OCH3 is 1. The average molecular weight is 370 g/mol. The molecule has 1 unspecified atom stereocenters. The molecule has 1 aromatic carbocycles. The molecule has 1 saturated heterocycles. The van der Waals surface area contributed by atoms with Crippen LogP contribution in [0.5, 0.6) is 5.75 Å². The molecule has 10 heteroatoms. The molecule has 0 saturated carbocycles. The summed E-state index contributed by atoms with van der Waals surface area (Å²) in [5.41, 5.74) is 0.0809. The Kier molecular flexibility index (Phi) is 6.32. The lowest BCUT2D eigenvalue weighted by Crippen LogP contribution is -2.40. The number of hydrogen-bond acceptors (Lipinski definition) is 7.